The molecule has 0 N–H and O–H groups in total. The van der Waals surface area contributed by atoms with Crippen LogP contribution in [0.4, 0.5) is 14.5 Å². The van der Waals surface area contributed by atoms with Gasteiger partial charge in [-0.2, -0.15) is 4.39 Å². The van der Waals surface area contributed by atoms with Crippen LogP contribution in [0.3, 0.4) is 0 Å². The molecule has 5 nitrogen and oxygen atoms in total. The molecule has 0 aliphatic carbocycles. The van der Waals surface area contributed by atoms with Crippen LogP contribution in [0, 0.1) is 21.9 Å². The fourth-order valence-corrected chi connectivity index (χ4v) is 1.88. The predicted octanol–water partition coefficient (Wildman–Crippen LogP) is 4.37. The van der Waals surface area contributed by atoms with Crippen molar-refractivity contribution in [1.82, 2.24) is 4.98 Å². The molecule has 0 aliphatic heterocycles. The summed E-state index contributed by atoms with van der Waals surface area (Å²) in [5, 5.41) is 10.3. The van der Waals surface area contributed by atoms with E-state index in [-0.39, 0.29) is 27.2 Å². The van der Waals surface area contributed by atoms with Gasteiger partial charge in [-0.1, -0.05) is 23.2 Å². The summed E-state index contributed by atoms with van der Waals surface area (Å²) in [7, 11) is 0. The minimum Gasteiger partial charge on any atom is -0.452 e. The summed E-state index contributed by atoms with van der Waals surface area (Å²) in [6, 6.07) is 2.79. The van der Waals surface area contributed by atoms with Crippen LogP contribution in [0.2, 0.25) is 10.0 Å². The van der Waals surface area contributed by atoms with Crippen LogP contribution in [0.15, 0.2) is 24.4 Å². The van der Waals surface area contributed by atoms with Crippen LogP contribution >= 0.6 is 23.2 Å². The molecule has 0 atom stereocenters. The molecule has 0 radical (unpaired) electrons. The van der Waals surface area contributed by atoms with E-state index >= 15 is 0 Å². The molecule has 0 fully saturated rings. The second kappa shape index (κ2) is 5.56. The highest BCUT2D eigenvalue weighted by molar-refractivity contribution is 6.37. The molecule has 1 aromatic heterocycles. The van der Waals surface area contributed by atoms with E-state index in [1.807, 2.05) is 0 Å². The monoisotopic (exact) mass is 320 g/mol. The Bertz CT molecular complexity index is 674. The molecule has 104 valence electrons. The van der Waals surface area contributed by atoms with Crippen LogP contribution in [-0.2, 0) is 0 Å². The number of hydrogen-bond acceptors (Lipinski definition) is 4. The standard InChI is InChI=1S/C11H4Cl2F2N2O3/c12-7-1-5(17(18)19)2-8(13)10(7)20-6-3-9(14)11(15)16-4-6/h1-4H. The van der Waals surface area contributed by atoms with Crippen LogP contribution in [-0.4, -0.2) is 9.91 Å². The summed E-state index contributed by atoms with van der Waals surface area (Å²) in [6.07, 6.45) is 0.923. The number of rotatable bonds is 3. The lowest BCUT2D eigenvalue weighted by Crippen LogP contribution is -1.94. The van der Waals surface area contributed by atoms with E-state index in [2.05, 4.69) is 4.98 Å². The topological polar surface area (TPSA) is 65.3 Å². The van der Waals surface area contributed by atoms with Gasteiger partial charge in [0.2, 0.25) is 5.95 Å². The third-order valence-electron chi connectivity index (χ3n) is 2.18. The van der Waals surface area contributed by atoms with Crippen molar-refractivity contribution in [3.63, 3.8) is 0 Å². The number of nitro groups is 1. The van der Waals surface area contributed by atoms with Gasteiger partial charge in [-0.15, -0.1) is 0 Å². The molecule has 9 heteroatoms. The van der Waals surface area contributed by atoms with Gasteiger partial charge in [0.05, 0.1) is 21.2 Å². The quantitative estimate of drug-likeness (QED) is 0.478. The van der Waals surface area contributed by atoms with Crippen molar-refractivity contribution in [3.05, 3.63) is 56.3 Å². The third-order valence-corrected chi connectivity index (χ3v) is 2.75. The average Bonchev–Trinajstić information content (AvgIpc) is 2.37. The van der Waals surface area contributed by atoms with Crippen molar-refractivity contribution >= 4 is 28.9 Å². The van der Waals surface area contributed by atoms with Gasteiger partial charge in [0.1, 0.15) is 5.75 Å². The van der Waals surface area contributed by atoms with Crippen LogP contribution < -0.4 is 4.74 Å². The molecule has 0 aliphatic rings. The van der Waals surface area contributed by atoms with E-state index in [0.29, 0.717) is 0 Å². The Morgan fingerprint density at radius 3 is 2.30 bits per heavy atom. The second-order valence-corrected chi connectivity index (χ2v) is 4.36. The highest BCUT2D eigenvalue weighted by Crippen LogP contribution is 2.39. The summed E-state index contributed by atoms with van der Waals surface area (Å²) in [5.74, 6) is -2.76. The molecule has 2 aromatic rings. The SMILES string of the molecule is O=[N+]([O-])c1cc(Cl)c(Oc2cnc(F)c(F)c2)c(Cl)c1. The maximum atomic E-state index is 13.0. The Kier molecular flexibility index (Phi) is 4.01. The molecule has 0 saturated carbocycles. The number of pyridine rings is 1. The Morgan fingerprint density at radius 1 is 1.20 bits per heavy atom. The second-order valence-electron chi connectivity index (χ2n) is 3.54. The predicted molar refractivity (Wildman–Crippen MR) is 67.3 cm³/mol. The number of benzene rings is 1. The zero-order chi connectivity index (χ0) is 14.9. The third kappa shape index (κ3) is 2.94. The first-order chi connectivity index (χ1) is 9.38. The molecule has 0 bridgehead atoms. The van der Waals surface area contributed by atoms with Gasteiger partial charge in [0, 0.05) is 18.2 Å². The summed E-state index contributed by atoms with van der Waals surface area (Å²) in [5.41, 5.74) is -0.323. The molecule has 2 rings (SSSR count). The number of non-ortho nitro benzene ring substituents is 1. The number of nitrogens with zero attached hydrogens (tertiary/aromatic N) is 2. The minimum absolute atomic E-state index is 0.119. The summed E-state index contributed by atoms with van der Waals surface area (Å²) >= 11 is 11.6. The molecular weight excluding hydrogens is 317 g/mol. The average molecular weight is 321 g/mol. The lowest BCUT2D eigenvalue weighted by molar-refractivity contribution is -0.384. The number of halogens is 4. The summed E-state index contributed by atoms with van der Waals surface area (Å²) in [4.78, 5) is 13.0. The first-order valence-electron chi connectivity index (χ1n) is 5.01. The number of ether oxygens (including phenoxy) is 1. The van der Waals surface area contributed by atoms with Gasteiger partial charge in [0.15, 0.2) is 11.6 Å². The van der Waals surface area contributed by atoms with Crippen molar-refractivity contribution < 1.29 is 18.4 Å². The van der Waals surface area contributed by atoms with Gasteiger partial charge >= 0.3 is 0 Å². The molecule has 1 heterocycles. The lowest BCUT2D eigenvalue weighted by atomic mass is 10.3. The lowest BCUT2D eigenvalue weighted by Gasteiger charge is -2.09. The highest BCUT2D eigenvalue weighted by atomic mass is 35.5. The maximum Gasteiger partial charge on any atom is 0.272 e. The van der Waals surface area contributed by atoms with Crippen LogP contribution in [0.5, 0.6) is 11.5 Å². The molecule has 0 spiro atoms. The Labute approximate surface area is 120 Å². The van der Waals surface area contributed by atoms with Gasteiger partial charge in [-0.25, -0.2) is 9.37 Å². The maximum absolute atomic E-state index is 13.0. The normalized spacial score (nSPS) is 10.4. The van der Waals surface area contributed by atoms with Crippen molar-refractivity contribution in [3.8, 4) is 11.5 Å². The summed E-state index contributed by atoms with van der Waals surface area (Å²) in [6.45, 7) is 0. The van der Waals surface area contributed by atoms with Gasteiger partial charge < -0.3 is 4.74 Å². The largest absolute Gasteiger partial charge is 0.452 e. The Morgan fingerprint density at radius 2 is 1.80 bits per heavy atom. The van der Waals surface area contributed by atoms with Gasteiger partial charge in [-0.3, -0.25) is 10.1 Å². The van der Waals surface area contributed by atoms with Crippen molar-refractivity contribution in [1.29, 1.82) is 0 Å². The van der Waals surface area contributed by atoms with Crippen LogP contribution in [0.1, 0.15) is 0 Å². The van der Waals surface area contributed by atoms with E-state index in [1.54, 1.807) is 0 Å². The van der Waals surface area contributed by atoms with E-state index < -0.39 is 16.7 Å². The highest BCUT2D eigenvalue weighted by Gasteiger charge is 2.17. The minimum atomic E-state index is -1.28. The van der Waals surface area contributed by atoms with Crippen LogP contribution in [0.25, 0.3) is 0 Å². The first-order valence-corrected chi connectivity index (χ1v) is 5.76. The van der Waals surface area contributed by atoms with Crippen molar-refractivity contribution in [2.75, 3.05) is 0 Å². The fourth-order valence-electron chi connectivity index (χ4n) is 1.33. The van der Waals surface area contributed by atoms with E-state index in [1.165, 1.54) is 0 Å². The van der Waals surface area contributed by atoms with Gasteiger partial charge in [0.25, 0.3) is 5.69 Å². The Hall–Kier alpha value is -1.99. The number of nitro benzene ring substituents is 1. The molecule has 1 aromatic carbocycles. The molecule has 0 amide bonds. The zero-order valence-corrected chi connectivity index (χ0v) is 11.0. The smallest absolute Gasteiger partial charge is 0.272 e. The molecule has 0 saturated heterocycles. The fraction of sp³-hybridized carbons (Fsp3) is 0. The summed E-state index contributed by atoms with van der Waals surface area (Å²) < 4.78 is 30.8. The van der Waals surface area contributed by atoms with Gasteiger partial charge in [-0.05, 0) is 0 Å². The molecule has 0 unspecified atom stereocenters. The van der Waals surface area contributed by atoms with E-state index in [9.17, 15) is 18.9 Å². The van der Waals surface area contributed by atoms with Crippen molar-refractivity contribution in [2.24, 2.45) is 0 Å². The first kappa shape index (κ1) is 14.4. The molecular formula is C11H4Cl2F2N2O3. The number of hydrogen-bond donors (Lipinski definition) is 0. The van der Waals surface area contributed by atoms with Crippen molar-refractivity contribution in [2.45, 2.75) is 0 Å². The zero-order valence-electron chi connectivity index (χ0n) is 9.44. The Balaban J connectivity index is 2.38. The van der Waals surface area contributed by atoms with E-state index in [0.717, 1.165) is 24.4 Å². The number of aromatic nitrogens is 1. The molecule has 20 heavy (non-hydrogen) atoms. The van der Waals surface area contributed by atoms with E-state index in [4.69, 9.17) is 27.9 Å².